The number of imide groups is 1. The molecule has 8 heteroatoms. The number of carbonyl (C=O) groups is 3. The first-order valence-corrected chi connectivity index (χ1v) is 8.53. The van der Waals surface area contributed by atoms with Gasteiger partial charge in [0.15, 0.2) is 10.7 Å². The minimum absolute atomic E-state index is 0.118. The minimum Gasteiger partial charge on any atom is -0.504 e. The summed E-state index contributed by atoms with van der Waals surface area (Å²) in [5.41, 5.74) is 1.27. The van der Waals surface area contributed by atoms with E-state index in [1.807, 2.05) is 6.07 Å². The third kappa shape index (κ3) is 3.73. The third-order valence-corrected chi connectivity index (χ3v) is 4.36. The number of carbonyl (C=O) groups excluding carboxylic acids is 3. The number of benzene rings is 2. The average molecular weight is 377 g/mol. The van der Waals surface area contributed by atoms with Crippen molar-refractivity contribution < 1.29 is 19.5 Å². The molecule has 3 amide bonds. The monoisotopic (exact) mass is 377 g/mol. The summed E-state index contributed by atoms with van der Waals surface area (Å²) in [6.45, 7) is -0.308. The van der Waals surface area contributed by atoms with Gasteiger partial charge in [0.2, 0.25) is 11.3 Å². The summed E-state index contributed by atoms with van der Waals surface area (Å²) in [5.74, 6) is -2.07. The number of amides is 3. The number of fused-ring (bicyclic) bond motifs is 1. The Labute approximate surface area is 160 Å². The molecule has 2 aromatic rings. The Bertz CT molecular complexity index is 960. The van der Waals surface area contributed by atoms with E-state index in [-0.39, 0.29) is 29.9 Å². The van der Waals surface area contributed by atoms with Crippen molar-refractivity contribution in [2.75, 3.05) is 6.54 Å². The molecule has 0 unspecified atom stereocenters. The average Bonchev–Trinajstić information content (AvgIpc) is 2.96. The first-order valence-electron chi connectivity index (χ1n) is 8.53. The lowest BCUT2D eigenvalue weighted by atomic mass is 10.0. The van der Waals surface area contributed by atoms with E-state index in [4.69, 9.17) is 5.39 Å². The molecule has 0 bridgehead atoms. The van der Waals surface area contributed by atoms with E-state index in [2.05, 4.69) is 10.3 Å². The lowest BCUT2D eigenvalue weighted by Gasteiger charge is -2.25. The molecule has 0 aromatic heterocycles. The quantitative estimate of drug-likeness (QED) is 0.455. The van der Waals surface area contributed by atoms with Crippen LogP contribution in [0, 0.1) is 5.39 Å². The number of diazo groups is 1. The van der Waals surface area contributed by atoms with Crippen LogP contribution < -0.4 is 5.32 Å². The topological polar surface area (TPSA) is 115 Å². The Morgan fingerprint density at radius 2 is 1.64 bits per heavy atom. The molecule has 1 aliphatic rings. The van der Waals surface area contributed by atoms with Crippen LogP contribution >= 0.6 is 0 Å². The van der Waals surface area contributed by atoms with Crippen LogP contribution in [0.5, 0.6) is 0 Å². The number of rotatable bonds is 6. The van der Waals surface area contributed by atoms with Gasteiger partial charge >= 0.3 is 6.20 Å². The van der Waals surface area contributed by atoms with Crippen LogP contribution in [-0.2, 0) is 11.2 Å². The van der Waals surface area contributed by atoms with Crippen LogP contribution in [-0.4, -0.2) is 40.3 Å². The van der Waals surface area contributed by atoms with Gasteiger partial charge in [-0.05, 0) is 17.7 Å². The van der Waals surface area contributed by atoms with E-state index < -0.39 is 23.8 Å². The summed E-state index contributed by atoms with van der Waals surface area (Å²) in [6.07, 6.45) is 0.890. The SMILES string of the molecule is N#[N+]/C=C(\O)CNC(=O)[C@@H](Cc1ccccc1)N1C(=O)c2ccccc2C1=O. The molecule has 3 rings (SSSR count). The maximum absolute atomic E-state index is 12.8. The molecule has 28 heavy (non-hydrogen) atoms. The summed E-state index contributed by atoms with van der Waals surface area (Å²) in [4.78, 5) is 42.0. The van der Waals surface area contributed by atoms with E-state index in [1.54, 1.807) is 48.5 Å². The molecule has 140 valence electrons. The molecule has 1 heterocycles. The minimum atomic E-state index is -1.10. The predicted molar refractivity (Wildman–Crippen MR) is 99.7 cm³/mol. The number of nitrogens with one attached hydrogen (secondary N) is 1. The van der Waals surface area contributed by atoms with Crippen molar-refractivity contribution in [1.29, 1.82) is 5.39 Å². The predicted octanol–water partition coefficient (Wildman–Crippen LogP) is 2.26. The first-order chi connectivity index (χ1) is 13.5. The molecule has 1 atom stereocenters. The van der Waals surface area contributed by atoms with Gasteiger partial charge in [0, 0.05) is 6.42 Å². The van der Waals surface area contributed by atoms with E-state index in [1.165, 1.54) is 0 Å². The van der Waals surface area contributed by atoms with Gasteiger partial charge in [0.05, 0.1) is 17.7 Å². The molecule has 0 saturated carbocycles. The molecule has 2 aromatic carbocycles. The summed E-state index contributed by atoms with van der Waals surface area (Å²) < 4.78 is 0. The van der Waals surface area contributed by atoms with Gasteiger partial charge in [-0.25, -0.2) is 0 Å². The second kappa shape index (κ2) is 8.14. The van der Waals surface area contributed by atoms with Gasteiger partial charge in [-0.3, -0.25) is 19.3 Å². The van der Waals surface area contributed by atoms with Gasteiger partial charge in [-0.1, -0.05) is 42.5 Å². The van der Waals surface area contributed by atoms with Gasteiger partial charge < -0.3 is 10.4 Å². The third-order valence-electron chi connectivity index (χ3n) is 4.36. The number of hydrogen-bond acceptors (Lipinski definition) is 5. The second-order valence-corrected chi connectivity index (χ2v) is 6.19. The number of hydrogen-bond donors (Lipinski definition) is 2. The fourth-order valence-electron chi connectivity index (χ4n) is 3.04. The van der Waals surface area contributed by atoms with Crippen LogP contribution in [0.2, 0.25) is 0 Å². The van der Waals surface area contributed by atoms with Crippen LogP contribution in [0.25, 0.3) is 4.98 Å². The Hall–Kier alpha value is -3.99. The van der Waals surface area contributed by atoms with Gasteiger partial charge in [-0.2, -0.15) is 0 Å². The van der Waals surface area contributed by atoms with E-state index in [9.17, 15) is 19.5 Å². The maximum Gasteiger partial charge on any atom is 0.389 e. The van der Waals surface area contributed by atoms with Gasteiger partial charge in [0.25, 0.3) is 11.8 Å². The summed E-state index contributed by atoms with van der Waals surface area (Å²) >= 11 is 0. The highest BCUT2D eigenvalue weighted by molar-refractivity contribution is 6.22. The fourth-order valence-corrected chi connectivity index (χ4v) is 3.04. The molecule has 8 nitrogen and oxygen atoms in total. The molecule has 2 N–H and O–H groups in total. The van der Waals surface area contributed by atoms with Crippen LogP contribution in [0.1, 0.15) is 26.3 Å². The van der Waals surface area contributed by atoms with Crippen molar-refractivity contribution in [3.63, 3.8) is 0 Å². The highest BCUT2D eigenvalue weighted by atomic mass is 16.3. The summed E-state index contributed by atoms with van der Waals surface area (Å²) in [6, 6.07) is 14.3. The Balaban J connectivity index is 1.90. The molecule has 0 saturated heterocycles. The van der Waals surface area contributed by atoms with E-state index in [0.29, 0.717) is 0 Å². The lowest BCUT2D eigenvalue weighted by Crippen LogP contribution is -2.51. The number of nitrogens with zero attached hydrogens (tertiary/aromatic N) is 3. The molecule has 0 aliphatic carbocycles. The molecule has 0 fully saturated rings. The second-order valence-electron chi connectivity index (χ2n) is 6.19. The highest BCUT2D eigenvalue weighted by Gasteiger charge is 2.42. The largest absolute Gasteiger partial charge is 0.504 e. The van der Waals surface area contributed by atoms with Crippen molar-refractivity contribution in [3.05, 3.63) is 88.2 Å². The van der Waals surface area contributed by atoms with Gasteiger partial charge in [0.1, 0.15) is 6.04 Å². The van der Waals surface area contributed by atoms with Crippen molar-refractivity contribution in [1.82, 2.24) is 10.2 Å². The van der Waals surface area contributed by atoms with Crippen LogP contribution in [0.15, 0.2) is 66.6 Å². The zero-order valence-corrected chi connectivity index (χ0v) is 14.8. The normalized spacial score (nSPS) is 14.4. The fraction of sp³-hybridized carbons (Fsp3) is 0.150. The van der Waals surface area contributed by atoms with Crippen LogP contribution in [0.3, 0.4) is 0 Å². The number of aliphatic hydroxyl groups is 1. The molecular formula is C20H17N4O4+. The molecule has 0 radical (unpaired) electrons. The van der Waals surface area contributed by atoms with Gasteiger partial charge in [-0.15, -0.1) is 0 Å². The smallest absolute Gasteiger partial charge is 0.389 e. The van der Waals surface area contributed by atoms with Crippen molar-refractivity contribution in [2.24, 2.45) is 0 Å². The lowest BCUT2D eigenvalue weighted by molar-refractivity contribution is -0.124. The molecule has 0 spiro atoms. The van der Waals surface area contributed by atoms with Crippen molar-refractivity contribution in [3.8, 4) is 0 Å². The van der Waals surface area contributed by atoms with Crippen molar-refractivity contribution in [2.45, 2.75) is 12.5 Å². The highest BCUT2D eigenvalue weighted by Crippen LogP contribution is 2.26. The van der Waals surface area contributed by atoms with E-state index >= 15 is 0 Å². The Morgan fingerprint density at radius 3 is 2.21 bits per heavy atom. The summed E-state index contributed by atoms with van der Waals surface area (Å²) in [7, 11) is 0. The summed E-state index contributed by atoms with van der Waals surface area (Å²) in [5, 5.41) is 20.4. The van der Waals surface area contributed by atoms with Crippen molar-refractivity contribution >= 4 is 17.7 Å². The Kier molecular flexibility index (Phi) is 5.46. The maximum atomic E-state index is 12.8. The first kappa shape index (κ1) is 18.8. The molecular weight excluding hydrogens is 360 g/mol. The zero-order chi connectivity index (χ0) is 20.1. The zero-order valence-electron chi connectivity index (χ0n) is 14.8. The standard InChI is InChI=1S/C20H16N4O4/c21-23-12-14(25)11-22-18(26)17(10-13-6-2-1-3-7-13)24-19(27)15-8-4-5-9-16(15)20(24)28/h1-9,12,17H,10-11H2,(H-,22,25,26)/p+1/b14-12-/t17-/m1/s1. The Morgan fingerprint density at radius 1 is 1.07 bits per heavy atom. The number of aliphatic hydroxyl groups excluding tert-OH is 1. The van der Waals surface area contributed by atoms with Crippen LogP contribution in [0.4, 0.5) is 0 Å². The van der Waals surface area contributed by atoms with E-state index in [0.717, 1.165) is 16.7 Å². The molecule has 1 aliphatic heterocycles.